The molecule has 2 rings (SSSR count). The van der Waals surface area contributed by atoms with Crippen LogP contribution in [0.5, 0.6) is 0 Å². The highest BCUT2D eigenvalue weighted by Crippen LogP contribution is 2.15. The molecule has 0 N–H and O–H groups in total. The van der Waals surface area contributed by atoms with E-state index in [1.54, 1.807) is 6.26 Å². The van der Waals surface area contributed by atoms with Crippen LogP contribution in [0.25, 0.3) is 11.6 Å². The van der Waals surface area contributed by atoms with Gasteiger partial charge in [0.2, 0.25) is 0 Å². The zero-order valence-electron chi connectivity index (χ0n) is 7.97. The summed E-state index contributed by atoms with van der Waals surface area (Å²) < 4.78 is 4.78. The quantitative estimate of drug-likeness (QED) is 0.717. The van der Waals surface area contributed by atoms with Crippen LogP contribution in [0.15, 0.2) is 47.2 Å². The summed E-state index contributed by atoms with van der Waals surface area (Å²) >= 11 is 0. The molecule has 0 aliphatic heterocycles. The summed E-state index contributed by atoms with van der Waals surface area (Å²) in [5, 5.41) is 3.87. The van der Waals surface area contributed by atoms with Gasteiger partial charge < -0.3 is 4.52 Å². The molecule has 0 aliphatic rings. The van der Waals surface area contributed by atoms with Crippen LogP contribution in [0.1, 0.15) is 18.2 Å². The second kappa shape index (κ2) is 3.92. The minimum Gasteiger partial charge on any atom is -0.364 e. The van der Waals surface area contributed by atoms with Crippen molar-refractivity contribution in [3.05, 3.63) is 53.9 Å². The average molecular weight is 185 g/mol. The Morgan fingerprint density at radius 3 is 2.64 bits per heavy atom. The van der Waals surface area contributed by atoms with Gasteiger partial charge in [0.25, 0.3) is 0 Å². The van der Waals surface area contributed by atoms with Crippen molar-refractivity contribution in [2.75, 3.05) is 0 Å². The topological polar surface area (TPSA) is 26.0 Å². The summed E-state index contributed by atoms with van der Waals surface area (Å²) in [6, 6.07) is 12.0. The Hall–Kier alpha value is -1.83. The first-order valence-corrected chi connectivity index (χ1v) is 4.50. The molecule has 0 saturated heterocycles. The number of benzene rings is 1. The van der Waals surface area contributed by atoms with E-state index in [0.29, 0.717) is 0 Å². The minimum absolute atomic E-state index is 0.883. The largest absolute Gasteiger partial charge is 0.364 e. The number of hydrogen-bond donors (Lipinski definition) is 0. The highest BCUT2D eigenvalue weighted by Gasteiger charge is 1.98. The Labute approximate surface area is 82.9 Å². The van der Waals surface area contributed by atoms with Crippen LogP contribution in [0, 0.1) is 0 Å². The van der Waals surface area contributed by atoms with Crippen LogP contribution >= 0.6 is 0 Å². The molecular formula is C12H11NO. The highest BCUT2D eigenvalue weighted by atomic mass is 16.5. The lowest BCUT2D eigenvalue weighted by molar-refractivity contribution is 0.418. The fraction of sp³-hybridized carbons (Fsp3) is 0.0833. The highest BCUT2D eigenvalue weighted by molar-refractivity contribution is 5.78. The van der Waals surface area contributed by atoms with Gasteiger partial charge in [-0.05, 0) is 24.1 Å². The van der Waals surface area contributed by atoms with Crippen molar-refractivity contribution in [3.63, 3.8) is 0 Å². The molecule has 0 aliphatic carbocycles. The van der Waals surface area contributed by atoms with E-state index < -0.39 is 0 Å². The first-order chi connectivity index (χ1) is 6.86. The summed E-state index contributed by atoms with van der Waals surface area (Å²) in [7, 11) is 0. The van der Waals surface area contributed by atoms with Crippen molar-refractivity contribution < 1.29 is 4.52 Å². The maximum atomic E-state index is 4.78. The molecule has 1 aromatic heterocycles. The molecule has 0 radical (unpaired) electrons. The molecule has 2 nitrogen and oxygen atoms in total. The lowest BCUT2D eigenvalue weighted by Gasteiger charge is -1.95. The Kier molecular flexibility index (Phi) is 2.45. The van der Waals surface area contributed by atoms with E-state index in [9.17, 15) is 0 Å². The second-order valence-corrected chi connectivity index (χ2v) is 3.12. The van der Waals surface area contributed by atoms with Crippen molar-refractivity contribution in [2.45, 2.75) is 6.92 Å². The van der Waals surface area contributed by atoms with Crippen LogP contribution in [-0.4, -0.2) is 5.16 Å². The third-order valence-corrected chi connectivity index (χ3v) is 2.02. The Bertz CT molecular complexity index is 415. The molecule has 0 saturated carbocycles. The zero-order chi connectivity index (χ0) is 9.80. The molecule has 0 fully saturated rings. The predicted octanol–water partition coefficient (Wildman–Crippen LogP) is 3.24. The van der Waals surface area contributed by atoms with Gasteiger partial charge >= 0.3 is 0 Å². The third-order valence-electron chi connectivity index (χ3n) is 2.02. The fourth-order valence-corrected chi connectivity index (χ4v) is 1.29. The van der Waals surface area contributed by atoms with Crippen molar-refractivity contribution in [1.82, 2.24) is 5.16 Å². The van der Waals surface area contributed by atoms with E-state index >= 15 is 0 Å². The van der Waals surface area contributed by atoms with Gasteiger partial charge in [0.15, 0.2) is 0 Å². The van der Waals surface area contributed by atoms with E-state index in [0.717, 1.165) is 11.3 Å². The van der Waals surface area contributed by atoms with E-state index in [1.165, 1.54) is 5.56 Å². The maximum absolute atomic E-state index is 4.78. The van der Waals surface area contributed by atoms with Crippen LogP contribution in [0.4, 0.5) is 0 Å². The monoisotopic (exact) mass is 185 g/mol. The molecule has 2 heteroatoms. The van der Waals surface area contributed by atoms with Crippen molar-refractivity contribution in [2.24, 2.45) is 0 Å². The number of aromatic nitrogens is 1. The molecular weight excluding hydrogens is 174 g/mol. The van der Waals surface area contributed by atoms with E-state index in [4.69, 9.17) is 4.52 Å². The standard InChI is InChI=1S/C12H11NO/c1-10(12-7-8-14-13-12)9-11-5-3-2-4-6-11/h2-9H,1H3/b10-9+. The van der Waals surface area contributed by atoms with Crippen LogP contribution in [0.3, 0.4) is 0 Å². The molecule has 0 bridgehead atoms. The number of hydrogen-bond acceptors (Lipinski definition) is 2. The van der Waals surface area contributed by atoms with E-state index in [-0.39, 0.29) is 0 Å². The van der Waals surface area contributed by atoms with Gasteiger partial charge in [-0.3, -0.25) is 0 Å². The first-order valence-electron chi connectivity index (χ1n) is 4.50. The normalized spacial score (nSPS) is 11.6. The molecule has 0 unspecified atom stereocenters. The first kappa shape index (κ1) is 8.75. The van der Waals surface area contributed by atoms with Gasteiger partial charge in [-0.1, -0.05) is 35.5 Å². The van der Waals surface area contributed by atoms with Crippen molar-refractivity contribution in [3.8, 4) is 0 Å². The lowest BCUT2D eigenvalue weighted by atomic mass is 10.1. The number of nitrogens with zero attached hydrogens (tertiary/aromatic N) is 1. The summed E-state index contributed by atoms with van der Waals surface area (Å²) in [5.41, 5.74) is 3.16. The summed E-state index contributed by atoms with van der Waals surface area (Å²) in [4.78, 5) is 0. The van der Waals surface area contributed by atoms with Gasteiger partial charge in [-0.25, -0.2) is 0 Å². The summed E-state index contributed by atoms with van der Waals surface area (Å²) in [6.07, 6.45) is 3.66. The van der Waals surface area contributed by atoms with Gasteiger partial charge in [-0.15, -0.1) is 0 Å². The maximum Gasteiger partial charge on any atom is 0.124 e. The molecule has 0 atom stereocenters. The Balaban J connectivity index is 2.28. The third kappa shape index (κ3) is 1.91. The average Bonchev–Trinajstić information content (AvgIpc) is 2.72. The second-order valence-electron chi connectivity index (χ2n) is 3.12. The summed E-state index contributed by atoms with van der Waals surface area (Å²) in [5.74, 6) is 0. The molecule has 70 valence electrons. The lowest BCUT2D eigenvalue weighted by Crippen LogP contribution is -1.78. The molecule has 1 heterocycles. The van der Waals surface area contributed by atoms with Gasteiger partial charge in [0.05, 0.1) is 0 Å². The van der Waals surface area contributed by atoms with Crippen molar-refractivity contribution >= 4 is 11.6 Å². The van der Waals surface area contributed by atoms with E-state index in [1.807, 2.05) is 31.2 Å². The minimum atomic E-state index is 0.883. The van der Waals surface area contributed by atoms with Gasteiger partial charge in [0, 0.05) is 6.07 Å². The van der Waals surface area contributed by atoms with Crippen LogP contribution in [-0.2, 0) is 0 Å². The van der Waals surface area contributed by atoms with Crippen LogP contribution in [0.2, 0.25) is 0 Å². The van der Waals surface area contributed by atoms with Crippen molar-refractivity contribution in [1.29, 1.82) is 0 Å². The molecule has 2 aromatic rings. The molecule has 14 heavy (non-hydrogen) atoms. The van der Waals surface area contributed by atoms with Crippen LogP contribution < -0.4 is 0 Å². The van der Waals surface area contributed by atoms with Gasteiger partial charge in [0.1, 0.15) is 12.0 Å². The SMILES string of the molecule is C/C(=C\c1ccccc1)c1ccon1. The predicted molar refractivity (Wildman–Crippen MR) is 56.5 cm³/mol. The Morgan fingerprint density at radius 1 is 1.21 bits per heavy atom. The molecule has 1 aromatic carbocycles. The fourth-order valence-electron chi connectivity index (χ4n) is 1.29. The Morgan fingerprint density at radius 2 is 2.00 bits per heavy atom. The summed E-state index contributed by atoms with van der Waals surface area (Å²) in [6.45, 7) is 2.02. The van der Waals surface area contributed by atoms with E-state index in [2.05, 4.69) is 23.4 Å². The zero-order valence-corrected chi connectivity index (χ0v) is 7.97. The smallest absolute Gasteiger partial charge is 0.124 e. The number of rotatable bonds is 2. The number of allylic oxidation sites excluding steroid dienone is 1. The van der Waals surface area contributed by atoms with Gasteiger partial charge in [-0.2, -0.15) is 0 Å². The molecule has 0 spiro atoms. The molecule has 0 amide bonds.